The Bertz CT molecular complexity index is 1030. The summed E-state index contributed by atoms with van der Waals surface area (Å²) >= 11 is 0. The lowest BCUT2D eigenvalue weighted by Gasteiger charge is -2.21. The van der Waals surface area contributed by atoms with E-state index in [0.717, 1.165) is 11.1 Å². The molecule has 0 aliphatic heterocycles. The molecule has 0 aliphatic rings. The lowest BCUT2D eigenvalue weighted by Crippen LogP contribution is -2.19. The summed E-state index contributed by atoms with van der Waals surface area (Å²) in [6, 6.07) is 9.00. The predicted octanol–water partition coefficient (Wildman–Crippen LogP) is 3.08. The third-order valence-corrected chi connectivity index (χ3v) is 4.25. The number of hydrogen-bond acceptors (Lipinski definition) is 5. The van der Waals surface area contributed by atoms with E-state index in [4.69, 9.17) is 0 Å². The number of rotatable bonds is 4. The van der Waals surface area contributed by atoms with Crippen LogP contribution in [0.2, 0.25) is 0 Å². The molecule has 128 valence electrons. The van der Waals surface area contributed by atoms with Crippen LogP contribution in [0.3, 0.4) is 0 Å². The largest absolute Gasteiger partial charge is 0.365 e. The second-order valence-electron chi connectivity index (χ2n) is 6.13. The van der Waals surface area contributed by atoms with Crippen LogP contribution in [0.15, 0.2) is 41.5 Å². The van der Waals surface area contributed by atoms with Crippen LogP contribution in [0.4, 0.5) is 11.4 Å². The molecule has 0 amide bonds. The Morgan fingerprint density at radius 3 is 2.68 bits per heavy atom. The molecule has 0 saturated carbocycles. The number of nitrogens with one attached hydrogen (secondary N) is 1. The zero-order chi connectivity index (χ0) is 18.1. The number of aromatic nitrogens is 2. The van der Waals surface area contributed by atoms with Crippen molar-refractivity contribution in [1.29, 1.82) is 0 Å². The maximum atomic E-state index is 11.9. The Labute approximate surface area is 144 Å². The van der Waals surface area contributed by atoms with Gasteiger partial charge < -0.3 is 9.88 Å². The molecule has 7 heteroatoms. The zero-order valence-corrected chi connectivity index (χ0v) is 14.2. The van der Waals surface area contributed by atoms with Gasteiger partial charge in [0.1, 0.15) is 5.69 Å². The number of nitro groups is 1. The SMILES string of the molecule is Cc1ccc(CN(C)c2cc3nc[nH]c(=O)c3cc2[N+](=O)[O-])c(C)c1. The van der Waals surface area contributed by atoms with E-state index >= 15 is 0 Å². The highest BCUT2D eigenvalue weighted by Gasteiger charge is 2.20. The summed E-state index contributed by atoms with van der Waals surface area (Å²) in [6.07, 6.45) is 1.30. The zero-order valence-electron chi connectivity index (χ0n) is 14.2. The van der Waals surface area contributed by atoms with Crippen LogP contribution >= 0.6 is 0 Å². The van der Waals surface area contributed by atoms with Crippen LogP contribution in [-0.4, -0.2) is 21.9 Å². The highest BCUT2D eigenvalue weighted by Crippen LogP contribution is 2.31. The Balaban J connectivity index is 2.08. The molecule has 0 fully saturated rings. The number of fused-ring (bicyclic) bond motifs is 1. The van der Waals surface area contributed by atoms with E-state index in [9.17, 15) is 14.9 Å². The molecule has 0 bridgehead atoms. The van der Waals surface area contributed by atoms with E-state index in [2.05, 4.69) is 16.0 Å². The van der Waals surface area contributed by atoms with Crippen LogP contribution in [0, 0.1) is 24.0 Å². The number of H-pyrrole nitrogens is 1. The van der Waals surface area contributed by atoms with Gasteiger partial charge in [-0.15, -0.1) is 0 Å². The van der Waals surface area contributed by atoms with Crippen LogP contribution in [0.25, 0.3) is 10.9 Å². The lowest BCUT2D eigenvalue weighted by atomic mass is 10.0. The minimum atomic E-state index is -0.473. The van der Waals surface area contributed by atoms with Gasteiger partial charge in [-0.3, -0.25) is 14.9 Å². The first-order valence-corrected chi connectivity index (χ1v) is 7.80. The Kier molecular flexibility index (Phi) is 4.22. The summed E-state index contributed by atoms with van der Waals surface area (Å²) in [7, 11) is 1.79. The summed E-state index contributed by atoms with van der Waals surface area (Å²) in [6.45, 7) is 4.56. The number of aromatic amines is 1. The van der Waals surface area contributed by atoms with Crippen molar-refractivity contribution < 1.29 is 4.92 Å². The molecule has 0 saturated heterocycles. The number of anilines is 1. The van der Waals surface area contributed by atoms with E-state index in [-0.39, 0.29) is 11.1 Å². The number of nitro benzene ring substituents is 1. The van der Waals surface area contributed by atoms with Crippen molar-refractivity contribution in [2.75, 3.05) is 11.9 Å². The van der Waals surface area contributed by atoms with Gasteiger partial charge in [-0.05, 0) is 31.0 Å². The normalized spacial score (nSPS) is 10.8. The third kappa shape index (κ3) is 3.21. The Morgan fingerprint density at radius 1 is 1.24 bits per heavy atom. The molecule has 7 nitrogen and oxygen atoms in total. The van der Waals surface area contributed by atoms with Gasteiger partial charge in [-0.2, -0.15) is 0 Å². The van der Waals surface area contributed by atoms with E-state index in [1.165, 1.54) is 18.0 Å². The fourth-order valence-corrected chi connectivity index (χ4v) is 2.91. The van der Waals surface area contributed by atoms with Gasteiger partial charge in [0.15, 0.2) is 0 Å². The molecule has 1 N–H and O–H groups in total. The third-order valence-electron chi connectivity index (χ3n) is 4.25. The number of benzene rings is 2. The average molecular weight is 338 g/mol. The molecule has 0 spiro atoms. The molecular weight excluding hydrogens is 320 g/mol. The first-order valence-electron chi connectivity index (χ1n) is 7.80. The van der Waals surface area contributed by atoms with Gasteiger partial charge in [0.05, 0.1) is 22.2 Å². The summed E-state index contributed by atoms with van der Waals surface area (Å²) in [5.41, 5.74) is 3.73. The topological polar surface area (TPSA) is 92.1 Å². The molecule has 1 aromatic heterocycles. The molecule has 2 aromatic carbocycles. The standard InChI is InChI=1S/C18H18N4O3/c1-11-4-5-13(12(2)6-11)9-21(3)16-8-15-14(7-17(16)22(24)25)18(23)20-10-19-15/h4-8,10H,9H2,1-3H3,(H,19,20,23). The van der Waals surface area contributed by atoms with Crippen molar-refractivity contribution in [2.45, 2.75) is 20.4 Å². The molecule has 0 unspecified atom stereocenters. The highest BCUT2D eigenvalue weighted by molar-refractivity contribution is 5.86. The van der Waals surface area contributed by atoms with Crippen molar-refractivity contribution in [3.63, 3.8) is 0 Å². The second-order valence-corrected chi connectivity index (χ2v) is 6.13. The minimum Gasteiger partial charge on any atom is -0.365 e. The quantitative estimate of drug-likeness (QED) is 0.583. The molecule has 3 aromatic rings. The first kappa shape index (κ1) is 16.6. The summed E-state index contributed by atoms with van der Waals surface area (Å²) in [4.78, 5) is 31.2. The van der Waals surface area contributed by atoms with Gasteiger partial charge in [0.25, 0.3) is 11.2 Å². The number of nitrogens with zero attached hydrogens (tertiary/aromatic N) is 3. The molecule has 1 heterocycles. The predicted molar refractivity (Wildman–Crippen MR) is 97.0 cm³/mol. The Morgan fingerprint density at radius 2 is 2.00 bits per heavy atom. The fraction of sp³-hybridized carbons (Fsp3) is 0.222. The van der Waals surface area contributed by atoms with Crippen molar-refractivity contribution in [1.82, 2.24) is 9.97 Å². The van der Waals surface area contributed by atoms with E-state index in [0.29, 0.717) is 17.7 Å². The fourth-order valence-electron chi connectivity index (χ4n) is 2.91. The summed E-state index contributed by atoms with van der Waals surface area (Å²) < 4.78 is 0. The van der Waals surface area contributed by atoms with Gasteiger partial charge in [0.2, 0.25) is 0 Å². The smallest absolute Gasteiger partial charge is 0.293 e. The van der Waals surface area contributed by atoms with Gasteiger partial charge in [0, 0.05) is 19.7 Å². The van der Waals surface area contributed by atoms with E-state index in [1.807, 2.05) is 26.0 Å². The summed E-state index contributed by atoms with van der Waals surface area (Å²) in [5.74, 6) is 0. The van der Waals surface area contributed by atoms with E-state index < -0.39 is 10.5 Å². The molecule has 0 atom stereocenters. The molecular formula is C18H18N4O3. The van der Waals surface area contributed by atoms with Crippen LogP contribution < -0.4 is 10.5 Å². The Hall–Kier alpha value is -3.22. The van der Waals surface area contributed by atoms with Gasteiger partial charge in [-0.25, -0.2) is 4.98 Å². The van der Waals surface area contributed by atoms with Crippen LogP contribution in [0.5, 0.6) is 0 Å². The molecule has 3 rings (SSSR count). The summed E-state index contributed by atoms with van der Waals surface area (Å²) in [5, 5.41) is 11.7. The average Bonchev–Trinajstić information content (AvgIpc) is 2.56. The maximum Gasteiger partial charge on any atom is 0.293 e. The maximum absolute atomic E-state index is 11.9. The van der Waals surface area contributed by atoms with Crippen LogP contribution in [0.1, 0.15) is 16.7 Å². The lowest BCUT2D eigenvalue weighted by molar-refractivity contribution is -0.384. The molecule has 0 radical (unpaired) electrons. The highest BCUT2D eigenvalue weighted by atomic mass is 16.6. The molecule has 25 heavy (non-hydrogen) atoms. The monoisotopic (exact) mass is 338 g/mol. The molecule has 0 aliphatic carbocycles. The van der Waals surface area contributed by atoms with Crippen molar-refractivity contribution in [2.24, 2.45) is 0 Å². The van der Waals surface area contributed by atoms with Crippen molar-refractivity contribution in [3.8, 4) is 0 Å². The van der Waals surface area contributed by atoms with Crippen molar-refractivity contribution >= 4 is 22.3 Å². The first-order chi connectivity index (χ1) is 11.9. The van der Waals surface area contributed by atoms with Gasteiger partial charge >= 0.3 is 0 Å². The van der Waals surface area contributed by atoms with E-state index in [1.54, 1.807) is 18.0 Å². The minimum absolute atomic E-state index is 0.113. The van der Waals surface area contributed by atoms with Crippen molar-refractivity contribution in [3.05, 3.63) is 73.8 Å². The number of hydrogen-bond donors (Lipinski definition) is 1. The number of aryl methyl sites for hydroxylation is 2. The van der Waals surface area contributed by atoms with Gasteiger partial charge in [-0.1, -0.05) is 23.8 Å². The second kappa shape index (κ2) is 6.35. The van der Waals surface area contributed by atoms with Crippen LogP contribution in [-0.2, 0) is 6.54 Å².